The fourth-order valence-corrected chi connectivity index (χ4v) is 1.46. The molecule has 0 aliphatic carbocycles. The van der Waals surface area contributed by atoms with Crippen LogP contribution < -0.4 is 5.73 Å². The van der Waals surface area contributed by atoms with Gasteiger partial charge < -0.3 is 10.6 Å². The van der Waals surface area contributed by atoms with Crippen LogP contribution in [0.1, 0.15) is 20.3 Å². The zero-order chi connectivity index (χ0) is 8.48. The van der Waals surface area contributed by atoms with Crippen molar-refractivity contribution in [2.75, 3.05) is 19.6 Å². The average molecular weight is 156 g/mol. The Morgan fingerprint density at radius 1 is 1.73 bits per heavy atom. The monoisotopic (exact) mass is 156 g/mol. The molecule has 1 unspecified atom stereocenters. The van der Waals surface area contributed by atoms with Gasteiger partial charge in [-0.05, 0) is 20.3 Å². The number of hydrogen-bond acceptors (Lipinski definition) is 2. The van der Waals surface area contributed by atoms with Gasteiger partial charge in [0.2, 0.25) is 5.91 Å². The lowest BCUT2D eigenvalue weighted by Crippen LogP contribution is -2.37. The van der Waals surface area contributed by atoms with Crippen LogP contribution >= 0.6 is 0 Å². The van der Waals surface area contributed by atoms with Crippen molar-refractivity contribution in [3.05, 3.63) is 0 Å². The van der Waals surface area contributed by atoms with Gasteiger partial charge in [-0.25, -0.2) is 0 Å². The Hall–Kier alpha value is -0.570. The van der Waals surface area contributed by atoms with E-state index in [1.54, 1.807) is 0 Å². The van der Waals surface area contributed by atoms with Gasteiger partial charge in [-0.2, -0.15) is 0 Å². The van der Waals surface area contributed by atoms with E-state index in [4.69, 9.17) is 5.73 Å². The maximum Gasteiger partial charge on any atom is 0.229 e. The molecule has 3 heteroatoms. The van der Waals surface area contributed by atoms with E-state index in [2.05, 4.69) is 0 Å². The second-order valence-electron chi connectivity index (χ2n) is 3.40. The van der Waals surface area contributed by atoms with E-state index >= 15 is 0 Å². The maximum atomic E-state index is 11.5. The van der Waals surface area contributed by atoms with Gasteiger partial charge in [-0.15, -0.1) is 0 Å². The first-order chi connectivity index (χ1) is 5.14. The fraction of sp³-hybridized carbons (Fsp3) is 0.875. The molecule has 1 saturated heterocycles. The third-order valence-electron chi connectivity index (χ3n) is 2.57. The Balaban J connectivity index is 2.69. The number of amides is 1. The molecule has 0 aromatic carbocycles. The standard InChI is InChI=1S/C8H16N2O/c1-3-10-5-4-8(2,6-9)7(10)11/h3-6,9H2,1-2H3. The Morgan fingerprint density at radius 2 is 2.36 bits per heavy atom. The molecule has 0 spiro atoms. The molecule has 0 saturated carbocycles. The Morgan fingerprint density at radius 3 is 2.64 bits per heavy atom. The van der Waals surface area contributed by atoms with E-state index in [0.717, 1.165) is 19.5 Å². The van der Waals surface area contributed by atoms with Crippen molar-refractivity contribution in [2.45, 2.75) is 20.3 Å². The van der Waals surface area contributed by atoms with Crippen LogP contribution in [0.3, 0.4) is 0 Å². The third kappa shape index (κ3) is 1.25. The van der Waals surface area contributed by atoms with E-state index in [1.807, 2.05) is 18.7 Å². The molecular formula is C8H16N2O. The zero-order valence-corrected chi connectivity index (χ0v) is 7.26. The highest BCUT2D eigenvalue weighted by Gasteiger charge is 2.40. The molecule has 1 aliphatic rings. The molecule has 11 heavy (non-hydrogen) atoms. The van der Waals surface area contributed by atoms with Crippen LogP contribution in [0.25, 0.3) is 0 Å². The van der Waals surface area contributed by atoms with E-state index < -0.39 is 0 Å². The Bertz CT molecular complexity index is 169. The van der Waals surface area contributed by atoms with E-state index in [1.165, 1.54) is 0 Å². The van der Waals surface area contributed by atoms with Gasteiger partial charge in [0.1, 0.15) is 0 Å². The summed E-state index contributed by atoms with van der Waals surface area (Å²) in [6, 6.07) is 0. The van der Waals surface area contributed by atoms with Crippen molar-refractivity contribution >= 4 is 5.91 Å². The number of nitrogens with two attached hydrogens (primary N) is 1. The second kappa shape index (κ2) is 2.81. The molecule has 1 rings (SSSR count). The minimum atomic E-state index is -0.268. The molecule has 1 fully saturated rings. The average Bonchev–Trinajstić information content (AvgIpc) is 2.31. The summed E-state index contributed by atoms with van der Waals surface area (Å²) in [4.78, 5) is 13.4. The van der Waals surface area contributed by atoms with Gasteiger partial charge in [0.05, 0.1) is 5.41 Å². The zero-order valence-electron chi connectivity index (χ0n) is 7.26. The SMILES string of the molecule is CCN1CCC(C)(CN)C1=O. The van der Waals surface area contributed by atoms with Crippen molar-refractivity contribution in [1.29, 1.82) is 0 Å². The van der Waals surface area contributed by atoms with Crippen LogP contribution in [0.15, 0.2) is 0 Å². The minimum absolute atomic E-state index is 0.225. The molecule has 1 aliphatic heterocycles. The molecule has 1 atom stereocenters. The molecule has 2 N–H and O–H groups in total. The summed E-state index contributed by atoms with van der Waals surface area (Å²) in [5.74, 6) is 0.225. The van der Waals surface area contributed by atoms with Crippen LogP contribution in [0.2, 0.25) is 0 Å². The number of carbonyl (C=O) groups excluding carboxylic acids is 1. The smallest absolute Gasteiger partial charge is 0.229 e. The molecule has 64 valence electrons. The quantitative estimate of drug-likeness (QED) is 0.621. The van der Waals surface area contributed by atoms with E-state index in [0.29, 0.717) is 6.54 Å². The van der Waals surface area contributed by atoms with E-state index in [9.17, 15) is 4.79 Å². The number of hydrogen-bond donors (Lipinski definition) is 1. The number of carbonyl (C=O) groups is 1. The molecule has 0 radical (unpaired) electrons. The highest BCUT2D eigenvalue weighted by Crippen LogP contribution is 2.29. The Kier molecular flexibility index (Phi) is 2.18. The molecule has 0 bridgehead atoms. The normalized spacial score (nSPS) is 31.5. The van der Waals surface area contributed by atoms with E-state index in [-0.39, 0.29) is 11.3 Å². The lowest BCUT2D eigenvalue weighted by atomic mass is 9.89. The van der Waals surface area contributed by atoms with Crippen LogP contribution in [0, 0.1) is 5.41 Å². The predicted molar refractivity (Wildman–Crippen MR) is 44.0 cm³/mol. The number of rotatable bonds is 2. The highest BCUT2D eigenvalue weighted by molar-refractivity contribution is 5.84. The first-order valence-corrected chi connectivity index (χ1v) is 4.13. The van der Waals surface area contributed by atoms with Crippen LogP contribution in [0.4, 0.5) is 0 Å². The molecular weight excluding hydrogens is 140 g/mol. The molecule has 3 nitrogen and oxygen atoms in total. The molecule has 1 amide bonds. The third-order valence-corrected chi connectivity index (χ3v) is 2.57. The molecule has 0 aromatic rings. The summed E-state index contributed by atoms with van der Waals surface area (Å²) in [6.07, 6.45) is 0.913. The van der Waals surface area contributed by atoms with Crippen molar-refractivity contribution in [1.82, 2.24) is 4.90 Å². The first-order valence-electron chi connectivity index (χ1n) is 4.13. The van der Waals surface area contributed by atoms with Crippen molar-refractivity contribution in [3.8, 4) is 0 Å². The second-order valence-corrected chi connectivity index (χ2v) is 3.40. The van der Waals surface area contributed by atoms with Gasteiger partial charge in [0.25, 0.3) is 0 Å². The fourth-order valence-electron chi connectivity index (χ4n) is 1.46. The highest BCUT2D eigenvalue weighted by atomic mass is 16.2. The van der Waals surface area contributed by atoms with Crippen LogP contribution in [0.5, 0.6) is 0 Å². The number of nitrogens with zero attached hydrogens (tertiary/aromatic N) is 1. The summed E-state index contributed by atoms with van der Waals surface area (Å²) in [5.41, 5.74) is 5.26. The molecule has 0 aromatic heterocycles. The largest absolute Gasteiger partial charge is 0.342 e. The van der Waals surface area contributed by atoms with Crippen molar-refractivity contribution in [3.63, 3.8) is 0 Å². The summed E-state index contributed by atoms with van der Waals surface area (Å²) in [5, 5.41) is 0. The predicted octanol–water partition coefficient (Wildman–Crippen LogP) is 0.204. The molecule has 1 heterocycles. The van der Waals surface area contributed by atoms with Gasteiger partial charge in [0, 0.05) is 19.6 Å². The van der Waals surface area contributed by atoms with Gasteiger partial charge >= 0.3 is 0 Å². The number of likely N-dealkylation sites (tertiary alicyclic amines) is 1. The van der Waals surface area contributed by atoms with Crippen LogP contribution in [-0.2, 0) is 4.79 Å². The Labute approximate surface area is 67.5 Å². The summed E-state index contributed by atoms with van der Waals surface area (Å²) >= 11 is 0. The van der Waals surface area contributed by atoms with Gasteiger partial charge in [0.15, 0.2) is 0 Å². The summed E-state index contributed by atoms with van der Waals surface area (Å²) in [7, 11) is 0. The lowest BCUT2D eigenvalue weighted by Gasteiger charge is -2.20. The van der Waals surface area contributed by atoms with Gasteiger partial charge in [-0.1, -0.05) is 0 Å². The van der Waals surface area contributed by atoms with Crippen molar-refractivity contribution in [2.24, 2.45) is 11.1 Å². The minimum Gasteiger partial charge on any atom is -0.342 e. The topological polar surface area (TPSA) is 46.3 Å². The maximum absolute atomic E-state index is 11.5. The lowest BCUT2D eigenvalue weighted by molar-refractivity contribution is -0.134. The van der Waals surface area contributed by atoms with Crippen molar-refractivity contribution < 1.29 is 4.79 Å². The van der Waals surface area contributed by atoms with Gasteiger partial charge in [-0.3, -0.25) is 4.79 Å². The summed E-state index contributed by atoms with van der Waals surface area (Å²) in [6.45, 7) is 6.12. The summed E-state index contributed by atoms with van der Waals surface area (Å²) < 4.78 is 0. The van der Waals surface area contributed by atoms with Crippen LogP contribution in [-0.4, -0.2) is 30.4 Å². The first kappa shape index (κ1) is 8.53.